The van der Waals surface area contributed by atoms with Gasteiger partial charge in [0.15, 0.2) is 0 Å². The zero-order valence-corrected chi connectivity index (χ0v) is 23.9. The zero-order valence-electron chi connectivity index (χ0n) is 23.0. The fourth-order valence-corrected chi connectivity index (χ4v) is 6.07. The normalized spacial score (nSPS) is 18.2. The molecule has 1 fully saturated rings. The largest absolute Gasteiger partial charge is 0.373 e. The Kier molecular flexibility index (Phi) is 9.93. The van der Waals surface area contributed by atoms with Crippen LogP contribution in [0.5, 0.6) is 0 Å². The Morgan fingerprint density at radius 3 is 2.58 bits per heavy atom. The van der Waals surface area contributed by atoms with E-state index in [9.17, 15) is 9.59 Å². The van der Waals surface area contributed by atoms with Crippen molar-refractivity contribution in [2.24, 2.45) is 0 Å². The number of imidazole rings is 1. The summed E-state index contributed by atoms with van der Waals surface area (Å²) < 4.78 is 8.10. The van der Waals surface area contributed by atoms with Crippen LogP contribution in [0.15, 0.2) is 35.7 Å². The van der Waals surface area contributed by atoms with Crippen molar-refractivity contribution >= 4 is 34.2 Å². The maximum Gasteiger partial charge on any atom is 0.251 e. The molecule has 0 bridgehead atoms. The van der Waals surface area contributed by atoms with Gasteiger partial charge in [-0.1, -0.05) is 19.9 Å². The highest BCUT2D eigenvalue weighted by Gasteiger charge is 2.22. The standard InChI is InChI=1S/C29H41N5O3S/c1-5-23(6-2)34-26-11-10-22(15-25(26)32-27(34)16-24-9-7-14-38-24)29(36)31-17-28(35)30-12-8-13-33-18-20(3)37-21(4)19-33/h7,9-11,14-15,20-21,23H,5-6,8,12-13,16-19H2,1-4H3,(H,30,35)(H,31,36). The number of morpholine rings is 1. The van der Waals surface area contributed by atoms with Gasteiger partial charge in [-0.25, -0.2) is 4.98 Å². The number of benzene rings is 1. The maximum atomic E-state index is 12.8. The molecule has 0 spiro atoms. The van der Waals surface area contributed by atoms with Crippen molar-refractivity contribution < 1.29 is 14.3 Å². The van der Waals surface area contributed by atoms with E-state index in [-0.39, 0.29) is 30.6 Å². The first-order valence-corrected chi connectivity index (χ1v) is 14.7. The Morgan fingerprint density at radius 1 is 1.13 bits per heavy atom. The van der Waals surface area contributed by atoms with Crippen molar-refractivity contribution in [1.82, 2.24) is 25.1 Å². The minimum Gasteiger partial charge on any atom is -0.373 e. The molecule has 2 amide bonds. The third kappa shape index (κ3) is 7.21. The maximum absolute atomic E-state index is 12.8. The second-order valence-electron chi connectivity index (χ2n) is 10.2. The lowest BCUT2D eigenvalue weighted by atomic mass is 10.1. The number of carbonyl (C=O) groups excluding carboxylic acids is 2. The molecular formula is C29H41N5O3S. The molecule has 3 heterocycles. The van der Waals surface area contributed by atoms with Crippen LogP contribution in [0.1, 0.15) is 74.1 Å². The van der Waals surface area contributed by atoms with Crippen molar-refractivity contribution in [1.29, 1.82) is 0 Å². The van der Waals surface area contributed by atoms with E-state index < -0.39 is 0 Å². The van der Waals surface area contributed by atoms with Crippen LogP contribution in [0.25, 0.3) is 11.0 Å². The number of fused-ring (bicyclic) bond motifs is 1. The van der Waals surface area contributed by atoms with E-state index in [1.165, 1.54) is 4.88 Å². The van der Waals surface area contributed by atoms with Crippen LogP contribution in [-0.4, -0.2) is 71.2 Å². The lowest BCUT2D eigenvalue weighted by Crippen LogP contribution is -2.46. The summed E-state index contributed by atoms with van der Waals surface area (Å²) in [6.45, 7) is 11.9. The third-order valence-corrected chi connectivity index (χ3v) is 8.00. The van der Waals surface area contributed by atoms with E-state index in [0.717, 1.165) is 62.2 Å². The van der Waals surface area contributed by atoms with Crippen molar-refractivity contribution in [3.8, 4) is 0 Å². The zero-order chi connectivity index (χ0) is 27.1. The number of rotatable bonds is 12. The number of carbonyl (C=O) groups is 2. The highest BCUT2D eigenvalue weighted by Crippen LogP contribution is 2.28. The average molecular weight is 540 g/mol. The van der Waals surface area contributed by atoms with Crippen LogP contribution in [-0.2, 0) is 16.0 Å². The number of thiophene rings is 1. The van der Waals surface area contributed by atoms with Crippen molar-refractivity contribution in [2.75, 3.05) is 32.7 Å². The number of hydrogen-bond donors (Lipinski definition) is 2. The molecule has 0 radical (unpaired) electrons. The molecule has 206 valence electrons. The number of aromatic nitrogens is 2. The molecule has 2 unspecified atom stereocenters. The van der Waals surface area contributed by atoms with Gasteiger partial charge in [0.25, 0.3) is 5.91 Å². The summed E-state index contributed by atoms with van der Waals surface area (Å²) >= 11 is 1.73. The predicted octanol–water partition coefficient (Wildman–Crippen LogP) is 4.40. The van der Waals surface area contributed by atoms with Crippen LogP contribution in [0, 0.1) is 0 Å². The average Bonchev–Trinajstić information content (AvgIpc) is 3.53. The first-order chi connectivity index (χ1) is 18.4. The van der Waals surface area contributed by atoms with Gasteiger partial charge < -0.3 is 19.9 Å². The topological polar surface area (TPSA) is 88.5 Å². The van der Waals surface area contributed by atoms with Crippen LogP contribution < -0.4 is 10.6 Å². The Bertz CT molecular complexity index is 1190. The Hall–Kier alpha value is -2.75. The molecule has 1 aromatic carbocycles. The van der Waals surface area contributed by atoms with E-state index >= 15 is 0 Å². The van der Waals surface area contributed by atoms with Gasteiger partial charge in [0.05, 0.1) is 29.8 Å². The van der Waals surface area contributed by atoms with Gasteiger partial charge in [0.2, 0.25) is 5.91 Å². The monoisotopic (exact) mass is 539 g/mol. The smallest absolute Gasteiger partial charge is 0.251 e. The fraction of sp³-hybridized carbons (Fsp3) is 0.552. The van der Waals surface area contributed by atoms with Crippen LogP contribution in [0.3, 0.4) is 0 Å². The van der Waals surface area contributed by atoms with Gasteiger partial charge in [-0.3, -0.25) is 14.5 Å². The van der Waals surface area contributed by atoms with Gasteiger partial charge >= 0.3 is 0 Å². The molecular weight excluding hydrogens is 498 g/mol. The predicted molar refractivity (Wildman–Crippen MR) is 153 cm³/mol. The van der Waals surface area contributed by atoms with E-state index in [4.69, 9.17) is 9.72 Å². The van der Waals surface area contributed by atoms with Crippen LogP contribution in [0.2, 0.25) is 0 Å². The molecule has 0 saturated carbocycles. The highest BCUT2D eigenvalue weighted by molar-refractivity contribution is 7.09. The van der Waals surface area contributed by atoms with E-state index in [0.29, 0.717) is 18.2 Å². The highest BCUT2D eigenvalue weighted by atomic mass is 32.1. The minimum atomic E-state index is -0.268. The number of nitrogens with zero attached hydrogens (tertiary/aromatic N) is 3. The first-order valence-electron chi connectivity index (χ1n) is 13.8. The van der Waals surface area contributed by atoms with Gasteiger partial charge in [0.1, 0.15) is 5.82 Å². The van der Waals surface area contributed by atoms with Crippen molar-refractivity contribution in [2.45, 2.75) is 71.6 Å². The summed E-state index contributed by atoms with van der Waals surface area (Å²) in [7, 11) is 0. The Balaban J connectivity index is 1.32. The van der Waals surface area contributed by atoms with Crippen LogP contribution >= 0.6 is 11.3 Å². The van der Waals surface area contributed by atoms with Gasteiger partial charge in [-0.2, -0.15) is 0 Å². The minimum absolute atomic E-state index is 0.0473. The lowest BCUT2D eigenvalue weighted by Gasteiger charge is -2.35. The van der Waals surface area contributed by atoms with Gasteiger partial charge in [-0.05, 0) is 62.8 Å². The summed E-state index contributed by atoms with van der Waals surface area (Å²) in [4.78, 5) is 33.7. The number of hydrogen-bond acceptors (Lipinski definition) is 6. The molecule has 38 heavy (non-hydrogen) atoms. The van der Waals surface area contributed by atoms with Gasteiger partial charge in [0, 0.05) is 49.1 Å². The SMILES string of the molecule is CCC(CC)n1c(Cc2cccs2)nc2cc(C(=O)NCC(=O)NCCCN3CC(C)OC(C)C3)ccc21. The summed E-state index contributed by atoms with van der Waals surface area (Å²) in [6, 6.07) is 10.2. The molecule has 9 heteroatoms. The van der Waals surface area contributed by atoms with Crippen molar-refractivity contribution in [3.05, 3.63) is 52.0 Å². The Labute approximate surface area is 229 Å². The molecule has 4 rings (SSSR count). The molecule has 2 aromatic heterocycles. The molecule has 8 nitrogen and oxygen atoms in total. The summed E-state index contributed by atoms with van der Waals surface area (Å²) in [6.07, 6.45) is 4.15. The van der Waals surface area contributed by atoms with Crippen LogP contribution in [0.4, 0.5) is 0 Å². The van der Waals surface area contributed by atoms with E-state index in [2.05, 4.69) is 65.3 Å². The number of nitrogens with one attached hydrogen (secondary N) is 2. The van der Waals surface area contributed by atoms with Gasteiger partial charge in [-0.15, -0.1) is 11.3 Å². The summed E-state index contributed by atoms with van der Waals surface area (Å²) in [5.41, 5.74) is 2.37. The second kappa shape index (κ2) is 13.4. The number of amides is 2. The van der Waals surface area contributed by atoms with Crippen molar-refractivity contribution in [3.63, 3.8) is 0 Å². The first kappa shape index (κ1) is 28.3. The van der Waals surface area contributed by atoms with E-state index in [1.807, 2.05) is 18.2 Å². The lowest BCUT2D eigenvalue weighted by molar-refractivity contribution is -0.120. The second-order valence-corrected chi connectivity index (χ2v) is 11.3. The summed E-state index contributed by atoms with van der Waals surface area (Å²) in [5.74, 6) is 0.573. The Morgan fingerprint density at radius 2 is 1.89 bits per heavy atom. The quantitative estimate of drug-likeness (QED) is 0.333. The molecule has 2 N–H and O–H groups in total. The molecule has 1 aliphatic heterocycles. The fourth-order valence-electron chi connectivity index (χ4n) is 5.37. The molecule has 1 saturated heterocycles. The van der Waals surface area contributed by atoms with E-state index in [1.54, 1.807) is 11.3 Å². The molecule has 3 aromatic rings. The molecule has 0 aliphatic carbocycles. The molecule has 1 aliphatic rings. The molecule has 2 atom stereocenters. The third-order valence-electron chi connectivity index (χ3n) is 7.12. The summed E-state index contributed by atoms with van der Waals surface area (Å²) in [5, 5.41) is 7.76. The number of ether oxygens (including phenoxy) is 1.